The number of hydrogen-bond donors (Lipinski definition) is 2. The largest absolute Gasteiger partial charge is 0.504 e. The topological polar surface area (TPSA) is 83.6 Å². The summed E-state index contributed by atoms with van der Waals surface area (Å²) in [7, 11) is 3.06. The summed E-state index contributed by atoms with van der Waals surface area (Å²) in [6, 6.07) is 27.3. The molecule has 2 atom stereocenters. The van der Waals surface area contributed by atoms with E-state index in [0.29, 0.717) is 22.6 Å². The van der Waals surface area contributed by atoms with E-state index in [2.05, 4.69) is 48.5 Å². The van der Waals surface area contributed by atoms with Gasteiger partial charge in [-0.1, -0.05) is 60.7 Å². The third-order valence-corrected chi connectivity index (χ3v) is 7.64. The van der Waals surface area contributed by atoms with Gasteiger partial charge in [-0.05, 0) is 46.5 Å². The van der Waals surface area contributed by atoms with E-state index >= 15 is 0 Å². The molecule has 1 unspecified atom stereocenters. The number of benzene rings is 4. The summed E-state index contributed by atoms with van der Waals surface area (Å²) in [6.07, 6.45) is 3.44. The molecule has 7 rings (SSSR count). The van der Waals surface area contributed by atoms with Gasteiger partial charge in [0, 0.05) is 35.4 Å². The first-order chi connectivity index (χ1) is 18.6. The van der Waals surface area contributed by atoms with Crippen molar-refractivity contribution in [2.24, 2.45) is 9.98 Å². The molecule has 0 saturated heterocycles. The predicted octanol–water partition coefficient (Wildman–Crippen LogP) is 5.68. The number of ether oxygens (including phenoxy) is 2. The Morgan fingerprint density at radius 1 is 0.553 bits per heavy atom. The maximum absolute atomic E-state index is 10.7. The molecule has 6 nitrogen and oxygen atoms in total. The summed E-state index contributed by atoms with van der Waals surface area (Å²) in [4.78, 5) is 10.2. The summed E-state index contributed by atoms with van der Waals surface area (Å²) >= 11 is 0. The van der Waals surface area contributed by atoms with Gasteiger partial charge in [0.25, 0.3) is 0 Å². The van der Waals surface area contributed by atoms with Crippen LogP contribution in [0.5, 0.6) is 23.0 Å². The van der Waals surface area contributed by atoms with E-state index in [4.69, 9.17) is 19.5 Å². The molecule has 0 fully saturated rings. The minimum Gasteiger partial charge on any atom is -0.504 e. The Labute approximate surface area is 221 Å². The fourth-order valence-corrected chi connectivity index (χ4v) is 5.92. The molecule has 2 bridgehead atoms. The van der Waals surface area contributed by atoms with Crippen molar-refractivity contribution in [1.29, 1.82) is 0 Å². The summed E-state index contributed by atoms with van der Waals surface area (Å²) in [5.74, 6) is 0.911. The lowest BCUT2D eigenvalue weighted by molar-refractivity contribution is 0.372. The van der Waals surface area contributed by atoms with Gasteiger partial charge in [0.1, 0.15) is 0 Å². The van der Waals surface area contributed by atoms with Gasteiger partial charge < -0.3 is 19.7 Å². The molecule has 0 radical (unpaired) electrons. The monoisotopic (exact) mass is 504 g/mol. The molecule has 0 heterocycles. The third kappa shape index (κ3) is 3.80. The van der Waals surface area contributed by atoms with Gasteiger partial charge >= 0.3 is 0 Å². The van der Waals surface area contributed by atoms with Crippen molar-refractivity contribution < 1.29 is 19.7 Å². The Morgan fingerprint density at radius 3 is 1.26 bits per heavy atom. The van der Waals surface area contributed by atoms with E-state index in [1.807, 2.05) is 24.3 Å². The zero-order chi connectivity index (χ0) is 26.2. The fourth-order valence-electron chi connectivity index (χ4n) is 5.92. The number of fused-ring (bicyclic) bond motifs is 1. The minimum atomic E-state index is -0.223. The molecule has 6 heteroatoms. The lowest BCUT2D eigenvalue weighted by atomic mass is 9.59. The molecule has 38 heavy (non-hydrogen) atoms. The van der Waals surface area contributed by atoms with Gasteiger partial charge in [-0.25, -0.2) is 0 Å². The lowest BCUT2D eigenvalue weighted by Crippen LogP contribution is -2.45. The van der Waals surface area contributed by atoms with E-state index in [0.717, 1.165) is 0 Å². The molecule has 0 spiro atoms. The van der Waals surface area contributed by atoms with E-state index in [-0.39, 0.29) is 35.4 Å². The Hall–Kier alpha value is -4.58. The van der Waals surface area contributed by atoms with Crippen LogP contribution in [0.15, 0.2) is 94.9 Å². The van der Waals surface area contributed by atoms with Crippen LogP contribution in [0.4, 0.5) is 0 Å². The summed E-state index contributed by atoms with van der Waals surface area (Å²) in [5, 5.41) is 21.4. The van der Waals surface area contributed by atoms with E-state index < -0.39 is 0 Å². The zero-order valence-corrected chi connectivity index (χ0v) is 21.2. The normalized spacial score (nSPS) is 21.4. The third-order valence-electron chi connectivity index (χ3n) is 7.64. The van der Waals surface area contributed by atoms with Crippen LogP contribution in [0.1, 0.15) is 45.2 Å². The van der Waals surface area contributed by atoms with Gasteiger partial charge in [0.05, 0.1) is 26.3 Å². The van der Waals surface area contributed by atoms with Gasteiger partial charge in [-0.2, -0.15) is 0 Å². The molecule has 4 aromatic carbocycles. The van der Waals surface area contributed by atoms with Gasteiger partial charge in [0.15, 0.2) is 23.0 Å². The Bertz CT molecular complexity index is 1400. The zero-order valence-electron chi connectivity index (χ0n) is 21.2. The second-order valence-corrected chi connectivity index (χ2v) is 9.55. The first-order valence-electron chi connectivity index (χ1n) is 12.6. The molecule has 0 aliphatic heterocycles. The standard InChI is InChI=1S/C32H28N2O4/c1-37-25-15-7-9-19(31(25)35)17-33-29-27-21-11-3-5-13-23(21)28(24-14-6-4-12-22(24)27)30(29)34-18-20-10-8-16-26(38-2)32(20)36/h3-18,27-30,35-36H,1-2H3/t27?,28?,29-,30?/m1/s1. The number of para-hydroxylation sites is 2. The van der Waals surface area contributed by atoms with Crippen molar-refractivity contribution in [3.05, 3.63) is 118 Å². The number of nitrogens with zero attached hydrogens (tertiary/aromatic N) is 2. The SMILES string of the molecule is COc1cccc(C=NC2C3c4ccccc4C(c4ccccc43)[C@H]2N=Cc2cccc(OC)c2O)c1O. The Balaban J connectivity index is 1.50. The van der Waals surface area contributed by atoms with Crippen LogP contribution in [0.3, 0.4) is 0 Å². The van der Waals surface area contributed by atoms with Crippen LogP contribution in [0, 0.1) is 0 Å². The number of aliphatic imine (C=N–C) groups is 2. The highest BCUT2D eigenvalue weighted by Gasteiger charge is 2.49. The first-order valence-corrected chi connectivity index (χ1v) is 12.6. The molecule has 2 N–H and O–H groups in total. The summed E-state index contributed by atoms with van der Waals surface area (Å²) in [5.41, 5.74) is 6.18. The van der Waals surface area contributed by atoms with Crippen LogP contribution in [-0.4, -0.2) is 48.9 Å². The highest BCUT2D eigenvalue weighted by Crippen LogP contribution is 2.54. The number of hydrogen-bond acceptors (Lipinski definition) is 6. The van der Waals surface area contributed by atoms with Crippen molar-refractivity contribution in [2.75, 3.05) is 14.2 Å². The van der Waals surface area contributed by atoms with Gasteiger partial charge in [-0.3, -0.25) is 9.98 Å². The first kappa shape index (κ1) is 23.8. The minimum absolute atomic E-state index is 0.00235. The summed E-state index contributed by atoms with van der Waals surface area (Å²) in [6.45, 7) is 0. The van der Waals surface area contributed by atoms with Crippen LogP contribution >= 0.6 is 0 Å². The Kier molecular flexibility index (Phi) is 6.08. The van der Waals surface area contributed by atoms with E-state index in [1.54, 1.807) is 24.6 Å². The fraction of sp³-hybridized carbons (Fsp3) is 0.188. The molecule has 0 amide bonds. The molecular weight excluding hydrogens is 476 g/mol. The smallest absolute Gasteiger partial charge is 0.166 e. The quantitative estimate of drug-likeness (QED) is 0.331. The van der Waals surface area contributed by atoms with Crippen LogP contribution in [0.2, 0.25) is 0 Å². The number of rotatable bonds is 6. The van der Waals surface area contributed by atoms with Crippen LogP contribution in [0.25, 0.3) is 0 Å². The average molecular weight is 505 g/mol. The molecular formula is C32H28N2O4. The highest BCUT2D eigenvalue weighted by molar-refractivity contribution is 5.86. The van der Waals surface area contributed by atoms with E-state index in [1.165, 1.54) is 36.5 Å². The maximum atomic E-state index is 10.7. The highest BCUT2D eigenvalue weighted by atomic mass is 16.5. The number of phenolic OH excluding ortho intramolecular Hbond substituents is 2. The summed E-state index contributed by atoms with van der Waals surface area (Å²) < 4.78 is 10.6. The number of aromatic hydroxyl groups is 2. The average Bonchev–Trinajstić information content (AvgIpc) is 2.96. The number of phenols is 2. The molecule has 3 aliphatic rings. The second kappa shape index (κ2) is 9.71. The van der Waals surface area contributed by atoms with Crippen molar-refractivity contribution in [3.8, 4) is 23.0 Å². The Morgan fingerprint density at radius 2 is 0.921 bits per heavy atom. The van der Waals surface area contributed by atoms with Crippen molar-refractivity contribution in [3.63, 3.8) is 0 Å². The number of methoxy groups -OCH3 is 2. The van der Waals surface area contributed by atoms with Crippen LogP contribution < -0.4 is 9.47 Å². The van der Waals surface area contributed by atoms with Crippen LogP contribution in [-0.2, 0) is 0 Å². The molecule has 4 aromatic rings. The molecule has 190 valence electrons. The second-order valence-electron chi connectivity index (χ2n) is 9.55. The lowest BCUT2D eigenvalue weighted by Gasteiger charge is -2.47. The van der Waals surface area contributed by atoms with Gasteiger partial charge in [0.2, 0.25) is 0 Å². The molecule has 0 saturated carbocycles. The van der Waals surface area contributed by atoms with Gasteiger partial charge in [-0.15, -0.1) is 0 Å². The van der Waals surface area contributed by atoms with Crippen molar-refractivity contribution >= 4 is 12.4 Å². The van der Waals surface area contributed by atoms with E-state index in [9.17, 15) is 10.2 Å². The predicted molar refractivity (Wildman–Crippen MR) is 149 cm³/mol. The molecule has 0 aromatic heterocycles. The van der Waals surface area contributed by atoms with Crippen molar-refractivity contribution in [2.45, 2.75) is 23.9 Å². The molecule has 3 aliphatic carbocycles. The maximum Gasteiger partial charge on any atom is 0.166 e. The van der Waals surface area contributed by atoms with Crippen molar-refractivity contribution in [1.82, 2.24) is 0 Å².